The molecule has 3 rings (SSSR count). The van der Waals surface area contributed by atoms with Crippen molar-refractivity contribution in [1.29, 1.82) is 0 Å². The molecular formula is C14H9F4N5O. The van der Waals surface area contributed by atoms with Crippen LogP contribution in [-0.2, 0) is 0 Å². The molecule has 0 saturated carbocycles. The Kier molecular flexibility index (Phi) is 3.87. The molecule has 0 bridgehead atoms. The fraction of sp³-hybridized carbons (Fsp3) is 0.143. The molecule has 124 valence electrons. The fourth-order valence-electron chi connectivity index (χ4n) is 2.04. The van der Waals surface area contributed by atoms with Crippen LogP contribution in [0.25, 0.3) is 5.78 Å². The van der Waals surface area contributed by atoms with Crippen LogP contribution in [0.5, 0.6) is 0 Å². The molecule has 2 heterocycles. The number of nitrogens with zero attached hydrogens (tertiary/aromatic N) is 4. The lowest BCUT2D eigenvalue weighted by Gasteiger charge is -2.04. The van der Waals surface area contributed by atoms with Gasteiger partial charge in [-0.2, -0.15) is 9.50 Å². The third-order valence-corrected chi connectivity index (χ3v) is 3.07. The van der Waals surface area contributed by atoms with Crippen molar-refractivity contribution in [2.45, 2.75) is 13.3 Å². The molecule has 0 aliphatic carbocycles. The summed E-state index contributed by atoms with van der Waals surface area (Å²) in [6, 6.07) is 3.61. The van der Waals surface area contributed by atoms with Gasteiger partial charge in [0, 0.05) is 11.8 Å². The van der Waals surface area contributed by atoms with Crippen molar-refractivity contribution >= 4 is 17.4 Å². The van der Waals surface area contributed by atoms with E-state index in [0.717, 1.165) is 28.8 Å². The standard InChI is InChI=1S/C14H9F4N5O/c1-6-4-10(11(17)18)23-14(19-6)21-12(22-23)13(24)20-9-5-7(15)2-3-8(9)16/h2-5,11H,1H3,(H,20,24). The number of nitrogens with one attached hydrogen (secondary N) is 1. The zero-order chi connectivity index (χ0) is 17.4. The predicted octanol–water partition coefficient (Wildman–Crippen LogP) is 2.90. The molecule has 1 N–H and O–H groups in total. The molecule has 2 aromatic heterocycles. The van der Waals surface area contributed by atoms with Crippen LogP contribution in [0.15, 0.2) is 24.3 Å². The van der Waals surface area contributed by atoms with Gasteiger partial charge in [0.1, 0.15) is 17.3 Å². The first kappa shape index (κ1) is 15.8. The van der Waals surface area contributed by atoms with Gasteiger partial charge in [0.15, 0.2) is 0 Å². The van der Waals surface area contributed by atoms with E-state index in [4.69, 9.17) is 0 Å². The molecule has 0 aliphatic rings. The molecule has 6 nitrogen and oxygen atoms in total. The second-order valence-electron chi connectivity index (χ2n) is 4.85. The molecule has 10 heteroatoms. The summed E-state index contributed by atoms with van der Waals surface area (Å²) in [5.41, 5.74) is -0.633. The van der Waals surface area contributed by atoms with Crippen molar-refractivity contribution in [1.82, 2.24) is 19.6 Å². The van der Waals surface area contributed by atoms with Crippen molar-refractivity contribution < 1.29 is 22.4 Å². The molecule has 3 aromatic rings. The van der Waals surface area contributed by atoms with Gasteiger partial charge in [0.25, 0.3) is 18.1 Å². The van der Waals surface area contributed by atoms with Gasteiger partial charge >= 0.3 is 0 Å². The van der Waals surface area contributed by atoms with E-state index >= 15 is 0 Å². The van der Waals surface area contributed by atoms with Gasteiger partial charge in [0.2, 0.25) is 5.82 Å². The van der Waals surface area contributed by atoms with Crippen LogP contribution >= 0.6 is 0 Å². The number of halogens is 4. The maximum absolute atomic E-state index is 13.5. The van der Waals surface area contributed by atoms with E-state index < -0.39 is 41.2 Å². The lowest BCUT2D eigenvalue weighted by atomic mass is 10.3. The number of carbonyl (C=O) groups is 1. The van der Waals surface area contributed by atoms with Crippen LogP contribution in [0.1, 0.15) is 28.4 Å². The summed E-state index contributed by atoms with van der Waals surface area (Å²) in [7, 11) is 0. The van der Waals surface area contributed by atoms with Crippen molar-refractivity contribution in [3.05, 3.63) is 53.1 Å². The highest BCUT2D eigenvalue weighted by molar-refractivity contribution is 6.01. The van der Waals surface area contributed by atoms with E-state index in [0.29, 0.717) is 0 Å². The smallest absolute Gasteiger partial charge is 0.295 e. The summed E-state index contributed by atoms with van der Waals surface area (Å²) in [6.07, 6.45) is -2.85. The number of hydrogen-bond donors (Lipinski definition) is 1. The van der Waals surface area contributed by atoms with E-state index in [9.17, 15) is 22.4 Å². The topological polar surface area (TPSA) is 72.2 Å². The summed E-state index contributed by atoms with van der Waals surface area (Å²) in [6.45, 7) is 1.49. The van der Waals surface area contributed by atoms with Crippen LogP contribution in [0.4, 0.5) is 23.2 Å². The van der Waals surface area contributed by atoms with Crippen LogP contribution in [0, 0.1) is 18.6 Å². The molecule has 1 aromatic carbocycles. The molecule has 0 spiro atoms. The average Bonchev–Trinajstić information content (AvgIpc) is 2.93. The second kappa shape index (κ2) is 5.87. The van der Waals surface area contributed by atoms with Crippen LogP contribution in [0.2, 0.25) is 0 Å². The number of fused-ring (bicyclic) bond motifs is 1. The Balaban J connectivity index is 1.99. The Labute approximate surface area is 132 Å². The van der Waals surface area contributed by atoms with E-state index in [1.807, 2.05) is 0 Å². The molecule has 1 amide bonds. The summed E-state index contributed by atoms with van der Waals surface area (Å²) in [5, 5.41) is 5.74. The van der Waals surface area contributed by atoms with Gasteiger partial charge in [-0.05, 0) is 25.1 Å². The van der Waals surface area contributed by atoms with Crippen LogP contribution in [-0.4, -0.2) is 25.5 Å². The Bertz CT molecular complexity index is 940. The minimum Gasteiger partial charge on any atom is -0.317 e. The van der Waals surface area contributed by atoms with Crippen LogP contribution in [0.3, 0.4) is 0 Å². The quantitative estimate of drug-likeness (QED) is 0.745. The number of anilines is 1. The van der Waals surface area contributed by atoms with E-state index in [1.54, 1.807) is 0 Å². The molecule has 24 heavy (non-hydrogen) atoms. The number of carbonyl (C=O) groups excluding carboxylic acids is 1. The zero-order valence-electron chi connectivity index (χ0n) is 12.1. The summed E-state index contributed by atoms with van der Waals surface area (Å²) < 4.78 is 53.4. The van der Waals surface area contributed by atoms with Crippen molar-refractivity contribution in [3.63, 3.8) is 0 Å². The van der Waals surface area contributed by atoms with Crippen molar-refractivity contribution in [2.24, 2.45) is 0 Å². The highest BCUT2D eigenvalue weighted by atomic mass is 19.3. The number of rotatable bonds is 3. The maximum atomic E-state index is 13.5. The van der Waals surface area contributed by atoms with E-state index in [1.165, 1.54) is 6.92 Å². The number of aryl methyl sites for hydroxylation is 1. The van der Waals surface area contributed by atoms with Gasteiger partial charge in [-0.25, -0.2) is 22.5 Å². The van der Waals surface area contributed by atoms with Crippen LogP contribution < -0.4 is 5.32 Å². The molecule has 0 aliphatic heterocycles. The second-order valence-corrected chi connectivity index (χ2v) is 4.85. The number of benzene rings is 1. The van der Waals surface area contributed by atoms with Gasteiger partial charge in [-0.1, -0.05) is 0 Å². The Morgan fingerprint density at radius 3 is 2.67 bits per heavy atom. The minimum atomic E-state index is -2.85. The van der Waals surface area contributed by atoms with E-state index in [-0.39, 0.29) is 11.5 Å². The largest absolute Gasteiger partial charge is 0.317 e. The first-order valence-corrected chi connectivity index (χ1v) is 6.64. The van der Waals surface area contributed by atoms with Gasteiger partial charge in [-0.15, -0.1) is 5.10 Å². The molecule has 0 saturated heterocycles. The lowest BCUT2D eigenvalue weighted by Crippen LogP contribution is -2.15. The molecular weight excluding hydrogens is 330 g/mol. The predicted molar refractivity (Wildman–Crippen MR) is 74.8 cm³/mol. The summed E-state index contributed by atoms with van der Waals surface area (Å²) >= 11 is 0. The normalized spacial score (nSPS) is 11.2. The Morgan fingerprint density at radius 2 is 1.96 bits per heavy atom. The SMILES string of the molecule is Cc1cc(C(F)F)n2nc(C(=O)Nc3cc(F)ccc3F)nc2n1. The van der Waals surface area contributed by atoms with E-state index in [2.05, 4.69) is 20.4 Å². The average molecular weight is 339 g/mol. The van der Waals surface area contributed by atoms with Gasteiger partial charge in [0.05, 0.1) is 5.69 Å². The third kappa shape index (κ3) is 2.90. The first-order chi connectivity index (χ1) is 11.3. The fourth-order valence-corrected chi connectivity index (χ4v) is 2.04. The van der Waals surface area contributed by atoms with Gasteiger partial charge in [-0.3, -0.25) is 4.79 Å². The first-order valence-electron chi connectivity index (χ1n) is 6.64. The summed E-state index contributed by atoms with van der Waals surface area (Å²) in [4.78, 5) is 19.7. The number of amides is 1. The van der Waals surface area contributed by atoms with Crippen molar-refractivity contribution in [2.75, 3.05) is 5.32 Å². The van der Waals surface area contributed by atoms with Gasteiger partial charge < -0.3 is 5.32 Å². The number of aromatic nitrogens is 4. The molecule has 0 unspecified atom stereocenters. The third-order valence-electron chi connectivity index (χ3n) is 3.07. The Morgan fingerprint density at radius 1 is 1.21 bits per heavy atom. The minimum absolute atomic E-state index is 0.199. The number of hydrogen-bond acceptors (Lipinski definition) is 4. The highest BCUT2D eigenvalue weighted by Crippen LogP contribution is 2.20. The van der Waals surface area contributed by atoms with Crippen molar-refractivity contribution in [3.8, 4) is 0 Å². The lowest BCUT2D eigenvalue weighted by molar-refractivity contribution is 0.101. The molecule has 0 radical (unpaired) electrons. The summed E-state index contributed by atoms with van der Waals surface area (Å²) in [5.74, 6) is -3.31. The molecule has 0 fully saturated rings. The molecule has 0 atom stereocenters. The zero-order valence-corrected chi connectivity index (χ0v) is 12.1. The Hall–Kier alpha value is -3.04. The highest BCUT2D eigenvalue weighted by Gasteiger charge is 2.20. The maximum Gasteiger partial charge on any atom is 0.295 e. The monoisotopic (exact) mass is 339 g/mol. The number of alkyl halides is 2.